The normalized spacial score (nSPS) is 21.2. The van der Waals surface area contributed by atoms with E-state index in [1.807, 2.05) is 46.0 Å². The van der Waals surface area contributed by atoms with Crippen LogP contribution in [0.1, 0.15) is 114 Å². The fourth-order valence-corrected chi connectivity index (χ4v) is 7.57. The van der Waals surface area contributed by atoms with Gasteiger partial charge < -0.3 is 26.7 Å². The fraction of sp³-hybridized carbons (Fsp3) is 0.600. The second-order valence-electron chi connectivity index (χ2n) is 14.3. The molecule has 2 amide bonds. The number of rotatable bonds is 14. The van der Waals surface area contributed by atoms with Crippen molar-refractivity contribution >= 4 is 17.6 Å². The van der Waals surface area contributed by atoms with Crippen molar-refractivity contribution in [1.29, 1.82) is 10.7 Å². The van der Waals surface area contributed by atoms with E-state index >= 15 is 0 Å². The molecule has 3 unspecified atom stereocenters. The van der Waals surface area contributed by atoms with Crippen molar-refractivity contribution in [2.24, 2.45) is 27.5 Å². The third kappa shape index (κ3) is 9.53. The number of nitrogens with one attached hydrogen (secondary N) is 4. The van der Waals surface area contributed by atoms with Gasteiger partial charge in [-0.25, -0.2) is 0 Å². The molecule has 51 heavy (non-hydrogen) atoms. The van der Waals surface area contributed by atoms with E-state index in [9.17, 15) is 20.3 Å². The second kappa shape index (κ2) is 18.8. The number of fused-ring (bicyclic) bond motifs is 1. The number of carbonyl (C=O) groups excluding carboxylic acids is 2. The van der Waals surface area contributed by atoms with Gasteiger partial charge in [0.15, 0.2) is 5.84 Å². The first kappa shape index (κ1) is 41.1. The van der Waals surface area contributed by atoms with Gasteiger partial charge in [-0.2, -0.15) is 5.26 Å². The third-order valence-corrected chi connectivity index (χ3v) is 11.0. The molecule has 6 N–H and O–H groups in total. The number of benzene rings is 1. The van der Waals surface area contributed by atoms with Crippen LogP contribution in [0.5, 0.6) is 0 Å². The SMILES string of the molecule is C=C(NC)C(C)(C)/C=C\C1=C(C)C(CC(CC2CCC2)NCC(=O)N2CCCC2C#N)(C(=N)N=NN)c2ccc(C(=O)NCC)cc2CC1.CC. The maximum Gasteiger partial charge on any atom is 0.251 e. The Hall–Kier alpha value is -4.30. The Bertz CT molecular complexity index is 1550. The molecular formula is C40H61N9O2. The zero-order chi connectivity index (χ0) is 37.8. The summed E-state index contributed by atoms with van der Waals surface area (Å²) in [4.78, 5) is 28.1. The Kier molecular flexibility index (Phi) is 15.2. The molecule has 11 nitrogen and oxygen atoms in total. The quantitative estimate of drug-likeness (QED) is 0.0479. The Balaban J connectivity index is 0.00000345. The van der Waals surface area contributed by atoms with E-state index in [1.54, 1.807) is 4.90 Å². The smallest absolute Gasteiger partial charge is 0.251 e. The Morgan fingerprint density at radius 2 is 1.96 bits per heavy atom. The van der Waals surface area contributed by atoms with E-state index in [0.29, 0.717) is 50.3 Å². The van der Waals surface area contributed by atoms with Crippen molar-refractivity contribution in [1.82, 2.24) is 20.9 Å². The summed E-state index contributed by atoms with van der Waals surface area (Å²) < 4.78 is 0. The summed E-state index contributed by atoms with van der Waals surface area (Å²) in [5.41, 5.74) is 3.95. The van der Waals surface area contributed by atoms with Crippen LogP contribution in [0.15, 0.2) is 64.1 Å². The van der Waals surface area contributed by atoms with Crippen LogP contribution in [0.3, 0.4) is 0 Å². The van der Waals surface area contributed by atoms with Gasteiger partial charge in [-0.1, -0.05) is 82.6 Å². The Morgan fingerprint density at radius 3 is 2.57 bits per heavy atom. The van der Waals surface area contributed by atoms with Crippen LogP contribution in [0.2, 0.25) is 0 Å². The molecule has 1 heterocycles. The number of likely N-dealkylation sites (tertiary alicyclic amines) is 1. The highest BCUT2D eigenvalue weighted by Crippen LogP contribution is 2.47. The van der Waals surface area contributed by atoms with Crippen LogP contribution in [0.4, 0.5) is 0 Å². The van der Waals surface area contributed by atoms with Crippen LogP contribution < -0.4 is 21.8 Å². The average molecular weight is 700 g/mol. The number of hydrogen-bond acceptors (Lipinski definition) is 7. The summed E-state index contributed by atoms with van der Waals surface area (Å²) in [6.07, 6.45) is 11.9. The molecular weight excluding hydrogens is 639 g/mol. The molecule has 4 rings (SSSR count). The molecule has 3 atom stereocenters. The molecule has 1 saturated carbocycles. The molecule has 1 aromatic rings. The molecule has 0 spiro atoms. The lowest BCUT2D eigenvalue weighted by Crippen LogP contribution is -2.48. The number of allylic oxidation sites excluding steroid dienone is 3. The molecule has 3 aliphatic rings. The molecule has 0 aromatic heterocycles. The number of amidine groups is 1. The van der Waals surface area contributed by atoms with E-state index in [0.717, 1.165) is 53.7 Å². The van der Waals surface area contributed by atoms with Crippen molar-refractivity contribution in [3.63, 3.8) is 0 Å². The predicted molar refractivity (Wildman–Crippen MR) is 205 cm³/mol. The number of hydrogen-bond donors (Lipinski definition) is 5. The van der Waals surface area contributed by atoms with Crippen LogP contribution in [-0.4, -0.2) is 61.3 Å². The van der Waals surface area contributed by atoms with Crippen molar-refractivity contribution < 1.29 is 9.59 Å². The number of amides is 2. The number of aryl methyl sites for hydroxylation is 1. The molecule has 1 aromatic carbocycles. The van der Waals surface area contributed by atoms with Crippen LogP contribution >= 0.6 is 0 Å². The van der Waals surface area contributed by atoms with Crippen LogP contribution in [0.25, 0.3) is 0 Å². The van der Waals surface area contributed by atoms with Crippen molar-refractivity contribution in [3.05, 3.63) is 70.5 Å². The highest BCUT2D eigenvalue weighted by molar-refractivity contribution is 5.97. The van der Waals surface area contributed by atoms with Crippen molar-refractivity contribution in [3.8, 4) is 6.07 Å². The van der Waals surface area contributed by atoms with Gasteiger partial charge in [-0.05, 0) is 87.1 Å². The van der Waals surface area contributed by atoms with Gasteiger partial charge in [0.25, 0.3) is 5.91 Å². The molecule has 278 valence electrons. The first-order valence-electron chi connectivity index (χ1n) is 18.7. The topological polar surface area (TPSA) is 172 Å². The fourth-order valence-electron chi connectivity index (χ4n) is 7.57. The lowest BCUT2D eigenvalue weighted by molar-refractivity contribution is -0.130. The van der Waals surface area contributed by atoms with Gasteiger partial charge in [0, 0.05) is 42.9 Å². The minimum Gasteiger partial charge on any atom is -0.391 e. The van der Waals surface area contributed by atoms with E-state index in [1.165, 1.54) is 6.42 Å². The first-order valence-corrected chi connectivity index (χ1v) is 18.7. The summed E-state index contributed by atoms with van der Waals surface area (Å²) in [7, 11) is 1.87. The molecule has 1 aliphatic heterocycles. The summed E-state index contributed by atoms with van der Waals surface area (Å²) >= 11 is 0. The lowest BCUT2D eigenvalue weighted by atomic mass is 9.66. The largest absolute Gasteiger partial charge is 0.391 e. The van der Waals surface area contributed by atoms with Gasteiger partial charge in [-0.15, -0.1) is 5.11 Å². The molecule has 0 bridgehead atoms. The Morgan fingerprint density at radius 1 is 1.24 bits per heavy atom. The molecule has 11 heteroatoms. The highest BCUT2D eigenvalue weighted by atomic mass is 16.2. The monoisotopic (exact) mass is 699 g/mol. The Labute approximate surface area is 305 Å². The average Bonchev–Trinajstić information content (AvgIpc) is 3.56. The summed E-state index contributed by atoms with van der Waals surface area (Å²) in [6, 6.07) is 7.48. The zero-order valence-electron chi connectivity index (χ0n) is 32.0. The first-order chi connectivity index (χ1) is 24.4. The van der Waals surface area contributed by atoms with Gasteiger partial charge in [0.05, 0.1) is 18.0 Å². The van der Waals surface area contributed by atoms with E-state index < -0.39 is 5.41 Å². The van der Waals surface area contributed by atoms with Crippen molar-refractivity contribution in [2.75, 3.05) is 26.7 Å². The predicted octanol–water partition coefficient (Wildman–Crippen LogP) is 6.63. The minimum atomic E-state index is -1.05. The number of nitriles is 1. The van der Waals surface area contributed by atoms with Gasteiger partial charge in [0.1, 0.15) is 6.04 Å². The van der Waals surface area contributed by atoms with Crippen LogP contribution in [-0.2, 0) is 16.6 Å². The van der Waals surface area contributed by atoms with E-state index in [4.69, 9.17) is 5.84 Å². The van der Waals surface area contributed by atoms with Gasteiger partial charge >= 0.3 is 0 Å². The summed E-state index contributed by atoms with van der Waals surface area (Å²) in [6.45, 7) is 17.6. The molecule has 2 fully saturated rings. The summed E-state index contributed by atoms with van der Waals surface area (Å²) in [5, 5.41) is 36.7. The zero-order valence-corrected chi connectivity index (χ0v) is 32.0. The van der Waals surface area contributed by atoms with Gasteiger partial charge in [0.2, 0.25) is 5.91 Å². The standard InChI is InChI=1S/C38H55N9O2.C2H6/c1-7-43-35(49)30-15-16-33-29(21-30)14-13-28(17-18-37(4,5)26(3)42-6)25(2)38(33,36(40)45-46-41)22-31(20-27-10-8-11-27)44-24-34(48)47-19-9-12-32(47)23-39;1-2/h15-18,21,27,31-32,42,44H,3,7-14,19-20,22,24H2,1-2,4-6H3,(H,43,49)(H3,40,41,45);1-2H3/b18-17-;. The second-order valence-corrected chi connectivity index (χ2v) is 14.3. The number of nitrogens with two attached hydrogens (primary N) is 1. The summed E-state index contributed by atoms with van der Waals surface area (Å²) in [5.74, 6) is 5.96. The third-order valence-electron chi connectivity index (χ3n) is 11.0. The highest BCUT2D eigenvalue weighted by Gasteiger charge is 2.46. The molecule has 0 radical (unpaired) electrons. The van der Waals surface area contributed by atoms with Gasteiger partial charge in [-0.3, -0.25) is 15.0 Å². The van der Waals surface area contributed by atoms with E-state index in [-0.39, 0.29) is 41.7 Å². The maximum atomic E-state index is 13.4. The maximum absolute atomic E-state index is 13.4. The minimum absolute atomic E-state index is 0.0158. The lowest BCUT2D eigenvalue weighted by Gasteiger charge is -2.40. The van der Waals surface area contributed by atoms with Crippen LogP contribution in [0, 0.1) is 28.1 Å². The van der Waals surface area contributed by atoms with Crippen molar-refractivity contribution in [2.45, 2.75) is 117 Å². The number of carbonyl (C=O) groups is 2. The molecule has 1 saturated heterocycles. The number of nitrogens with zero attached hydrogens (tertiary/aromatic N) is 4. The molecule has 2 aliphatic carbocycles. The van der Waals surface area contributed by atoms with E-state index in [2.05, 4.69) is 71.9 Å².